The van der Waals surface area contributed by atoms with Gasteiger partial charge in [0.1, 0.15) is 0 Å². The summed E-state index contributed by atoms with van der Waals surface area (Å²) in [6, 6.07) is 0. The van der Waals surface area contributed by atoms with Crippen LogP contribution in [-0.2, 0) is 4.79 Å². The molecule has 0 aliphatic heterocycles. The molecule has 0 bridgehead atoms. The second kappa shape index (κ2) is 13.3. The normalized spacial score (nSPS) is 11.4. The molecule has 0 rings (SSSR count). The molecule has 0 saturated carbocycles. The van der Waals surface area contributed by atoms with Crippen LogP contribution in [0.4, 0.5) is 0 Å². The molecule has 0 fully saturated rings. The van der Waals surface area contributed by atoms with Crippen molar-refractivity contribution in [1.29, 1.82) is 0 Å². The van der Waals surface area contributed by atoms with Crippen LogP contribution in [0.1, 0.15) is 52.9 Å². The van der Waals surface area contributed by atoms with E-state index in [2.05, 4.69) is 13.8 Å². The number of carbonyl (C=O) groups is 1. The quantitative estimate of drug-likeness (QED) is 0.765. The van der Waals surface area contributed by atoms with Crippen molar-refractivity contribution < 1.29 is 9.90 Å². The molecule has 83 valence electrons. The predicted octanol–water partition coefficient (Wildman–Crippen LogP) is 3.27. The van der Waals surface area contributed by atoms with Crippen molar-refractivity contribution in [2.24, 2.45) is 5.92 Å². The van der Waals surface area contributed by atoms with Crippen LogP contribution in [0, 0.1) is 5.92 Å². The van der Waals surface area contributed by atoms with Crippen LogP contribution >= 0.6 is 0 Å². The Morgan fingerprint density at radius 1 is 1.29 bits per heavy atom. The maximum atomic E-state index is 10.2. The van der Waals surface area contributed by atoms with E-state index in [-0.39, 0.29) is 5.92 Å². The SMILES string of the molecule is CCCCC(C)C(=O)O.CCC[CH2][Sn]. The van der Waals surface area contributed by atoms with Crippen LogP contribution in [0.25, 0.3) is 0 Å². The third kappa shape index (κ3) is 14.8. The number of rotatable bonds is 6. The van der Waals surface area contributed by atoms with E-state index in [1.807, 2.05) is 0 Å². The molecule has 0 aromatic heterocycles. The number of hydrogen-bond acceptors (Lipinski definition) is 1. The Bertz CT molecular complexity index is 124. The molecular formula is C11H23O2Sn. The van der Waals surface area contributed by atoms with Gasteiger partial charge in [-0.2, -0.15) is 0 Å². The van der Waals surface area contributed by atoms with Crippen molar-refractivity contribution in [3.63, 3.8) is 0 Å². The zero-order chi connectivity index (χ0) is 11.4. The minimum absolute atomic E-state index is 0.162. The van der Waals surface area contributed by atoms with E-state index in [0.29, 0.717) is 0 Å². The Hall–Kier alpha value is 0.269. The number of hydrogen-bond donors (Lipinski definition) is 1. The Morgan fingerprint density at radius 3 is 2.00 bits per heavy atom. The van der Waals surface area contributed by atoms with Crippen molar-refractivity contribution in [2.45, 2.75) is 57.3 Å². The van der Waals surface area contributed by atoms with E-state index in [4.69, 9.17) is 5.11 Å². The van der Waals surface area contributed by atoms with Crippen LogP contribution in [0.2, 0.25) is 4.44 Å². The van der Waals surface area contributed by atoms with Gasteiger partial charge in [0.25, 0.3) is 0 Å². The Kier molecular flexibility index (Phi) is 15.8. The third-order valence-corrected chi connectivity index (χ3v) is 2.95. The fourth-order valence-corrected chi connectivity index (χ4v) is 1.82. The fourth-order valence-electron chi connectivity index (χ4n) is 0.811. The second-order valence-corrected chi connectivity index (χ2v) is 4.91. The monoisotopic (exact) mass is 307 g/mol. The van der Waals surface area contributed by atoms with Crippen molar-refractivity contribution in [3.8, 4) is 0 Å². The predicted molar refractivity (Wildman–Crippen MR) is 61.8 cm³/mol. The van der Waals surface area contributed by atoms with E-state index in [0.717, 1.165) is 19.3 Å². The summed E-state index contributed by atoms with van der Waals surface area (Å²) in [4.78, 5) is 10.2. The van der Waals surface area contributed by atoms with Crippen LogP contribution in [0.3, 0.4) is 0 Å². The summed E-state index contributed by atoms with van der Waals surface area (Å²) in [5.41, 5.74) is 0. The van der Waals surface area contributed by atoms with Gasteiger partial charge in [-0.1, -0.05) is 26.7 Å². The Morgan fingerprint density at radius 2 is 1.79 bits per heavy atom. The van der Waals surface area contributed by atoms with E-state index in [9.17, 15) is 4.79 Å². The Labute approximate surface area is 102 Å². The zero-order valence-corrected chi connectivity index (χ0v) is 12.5. The fraction of sp³-hybridized carbons (Fsp3) is 0.909. The van der Waals surface area contributed by atoms with E-state index < -0.39 is 5.97 Å². The van der Waals surface area contributed by atoms with Gasteiger partial charge < -0.3 is 5.11 Å². The molecule has 0 aliphatic rings. The summed E-state index contributed by atoms with van der Waals surface area (Å²) in [5.74, 6) is -0.839. The number of aliphatic carboxylic acids is 1. The molecule has 0 aromatic rings. The molecule has 0 aliphatic carbocycles. The molecule has 3 heteroatoms. The molecule has 0 heterocycles. The molecule has 2 nitrogen and oxygen atoms in total. The molecule has 14 heavy (non-hydrogen) atoms. The van der Waals surface area contributed by atoms with Crippen molar-refractivity contribution in [3.05, 3.63) is 0 Å². The number of carboxylic acid groups (broad SMARTS) is 1. The first-order valence-electron chi connectivity index (χ1n) is 5.47. The molecular weight excluding hydrogens is 283 g/mol. The van der Waals surface area contributed by atoms with E-state index in [1.165, 1.54) is 17.3 Å². The van der Waals surface area contributed by atoms with Gasteiger partial charge >= 0.3 is 52.7 Å². The molecule has 1 atom stereocenters. The molecule has 0 aromatic carbocycles. The average Bonchev–Trinajstić information content (AvgIpc) is 2.16. The van der Waals surface area contributed by atoms with Gasteiger partial charge in [-0.3, -0.25) is 4.79 Å². The second-order valence-electron chi connectivity index (χ2n) is 3.49. The van der Waals surface area contributed by atoms with Gasteiger partial charge in [0.2, 0.25) is 0 Å². The first-order valence-corrected chi connectivity index (χ1v) is 7.49. The van der Waals surface area contributed by atoms with Gasteiger partial charge in [-0.15, -0.1) is 0 Å². The van der Waals surface area contributed by atoms with Crippen LogP contribution in [0.5, 0.6) is 0 Å². The van der Waals surface area contributed by atoms with Crippen molar-refractivity contribution in [1.82, 2.24) is 0 Å². The van der Waals surface area contributed by atoms with Crippen molar-refractivity contribution >= 4 is 28.5 Å². The standard InChI is InChI=1S/C7H14O2.C4H9.Sn/c1-3-4-5-6(2)7(8)9;1-3-4-2;/h6H,3-5H2,1-2H3,(H,8,9);1,3-4H2,2H3;. The average molecular weight is 306 g/mol. The zero-order valence-electron chi connectivity index (χ0n) is 9.68. The molecule has 3 radical (unpaired) electrons. The van der Waals surface area contributed by atoms with Gasteiger partial charge in [-0.25, -0.2) is 0 Å². The molecule has 0 amide bonds. The van der Waals surface area contributed by atoms with Gasteiger partial charge in [0.05, 0.1) is 5.92 Å². The third-order valence-electron chi connectivity index (χ3n) is 1.94. The summed E-state index contributed by atoms with van der Waals surface area (Å²) < 4.78 is 1.43. The van der Waals surface area contributed by atoms with Crippen LogP contribution < -0.4 is 0 Å². The van der Waals surface area contributed by atoms with Crippen LogP contribution in [-0.4, -0.2) is 33.6 Å². The van der Waals surface area contributed by atoms with Crippen LogP contribution in [0.15, 0.2) is 0 Å². The van der Waals surface area contributed by atoms with E-state index in [1.54, 1.807) is 29.4 Å². The minimum atomic E-state index is -0.677. The van der Waals surface area contributed by atoms with Gasteiger partial charge in [0, 0.05) is 0 Å². The summed E-state index contributed by atoms with van der Waals surface area (Å²) in [6.45, 7) is 6.04. The molecule has 1 unspecified atom stereocenters. The Balaban J connectivity index is 0. The van der Waals surface area contributed by atoms with Gasteiger partial charge in [-0.05, 0) is 6.42 Å². The first-order chi connectivity index (χ1) is 6.59. The molecule has 1 N–H and O–H groups in total. The van der Waals surface area contributed by atoms with E-state index >= 15 is 0 Å². The van der Waals surface area contributed by atoms with Gasteiger partial charge in [0.15, 0.2) is 0 Å². The molecule has 0 spiro atoms. The molecule has 0 saturated heterocycles. The summed E-state index contributed by atoms with van der Waals surface area (Å²) in [7, 11) is 0. The summed E-state index contributed by atoms with van der Waals surface area (Å²) in [6.07, 6.45) is 5.71. The summed E-state index contributed by atoms with van der Waals surface area (Å²) >= 11 is 1.68. The van der Waals surface area contributed by atoms with Crippen molar-refractivity contribution in [2.75, 3.05) is 0 Å². The number of unbranched alkanes of at least 4 members (excludes halogenated alkanes) is 2. The maximum absolute atomic E-state index is 10.2. The summed E-state index contributed by atoms with van der Waals surface area (Å²) in [5, 5.41) is 8.41. The first kappa shape index (κ1) is 16.7. The topological polar surface area (TPSA) is 37.3 Å². The number of carboxylic acids is 1.